The fraction of sp³-hybridized carbons (Fsp3) is 0.500. The third-order valence-corrected chi connectivity index (χ3v) is 3.85. The lowest BCUT2D eigenvalue weighted by atomic mass is 9.97. The highest BCUT2D eigenvalue weighted by Crippen LogP contribution is 2.32. The van der Waals surface area contributed by atoms with Gasteiger partial charge in [-0.15, -0.1) is 0 Å². The number of morpholine rings is 1. The van der Waals surface area contributed by atoms with Gasteiger partial charge >= 0.3 is 0 Å². The minimum atomic E-state index is -0.179. The van der Waals surface area contributed by atoms with Gasteiger partial charge in [0.05, 0.1) is 12.7 Å². The average molecular weight is 288 g/mol. The molecule has 1 aliphatic rings. The van der Waals surface area contributed by atoms with E-state index in [0.29, 0.717) is 12.2 Å². The molecular weight excluding hydrogens is 273 g/mol. The van der Waals surface area contributed by atoms with Gasteiger partial charge in [-0.1, -0.05) is 15.9 Å². The Labute approximate surface area is 103 Å². The summed E-state index contributed by atoms with van der Waals surface area (Å²) in [7, 11) is 0. The molecule has 0 amide bonds. The van der Waals surface area contributed by atoms with E-state index in [0.717, 1.165) is 28.7 Å². The molecule has 1 saturated heterocycles. The minimum Gasteiger partial charge on any atom is -0.371 e. The molecule has 4 heteroatoms. The van der Waals surface area contributed by atoms with Crippen LogP contribution >= 0.6 is 15.9 Å². The molecule has 1 unspecified atom stereocenters. The van der Waals surface area contributed by atoms with E-state index in [1.54, 1.807) is 0 Å². The maximum atomic E-state index is 13.7. The third-order valence-electron chi connectivity index (χ3n) is 3.03. The van der Waals surface area contributed by atoms with Crippen LogP contribution in [0.5, 0.6) is 0 Å². The van der Waals surface area contributed by atoms with Crippen LogP contribution in [0.15, 0.2) is 10.5 Å². The molecule has 1 aromatic carbocycles. The van der Waals surface area contributed by atoms with Crippen LogP contribution in [0.4, 0.5) is 4.39 Å². The van der Waals surface area contributed by atoms with E-state index < -0.39 is 0 Å². The summed E-state index contributed by atoms with van der Waals surface area (Å²) in [4.78, 5) is 0. The van der Waals surface area contributed by atoms with E-state index in [1.165, 1.54) is 6.07 Å². The molecule has 0 aromatic heterocycles. The van der Waals surface area contributed by atoms with Crippen molar-refractivity contribution in [1.82, 2.24) is 5.32 Å². The fourth-order valence-electron chi connectivity index (χ4n) is 2.10. The SMILES string of the molecule is Cc1c(F)cc(Br)c(C)c1C1CNCCO1. The van der Waals surface area contributed by atoms with Crippen molar-refractivity contribution >= 4 is 15.9 Å². The number of rotatable bonds is 1. The summed E-state index contributed by atoms with van der Waals surface area (Å²) in [6.45, 7) is 6.09. The van der Waals surface area contributed by atoms with Crippen LogP contribution in [0.3, 0.4) is 0 Å². The molecule has 1 heterocycles. The number of ether oxygens (including phenoxy) is 1. The number of nitrogens with one attached hydrogen (secondary N) is 1. The fourth-order valence-corrected chi connectivity index (χ4v) is 2.51. The van der Waals surface area contributed by atoms with Crippen molar-refractivity contribution in [3.63, 3.8) is 0 Å². The second-order valence-corrected chi connectivity index (χ2v) is 4.92. The first-order valence-corrected chi connectivity index (χ1v) is 6.18. The van der Waals surface area contributed by atoms with Crippen LogP contribution in [-0.2, 0) is 4.74 Å². The molecule has 1 aromatic rings. The third kappa shape index (κ3) is 2.14. The summed E-state index contributed by atoms with van der Waals surface area (Å²) < 4.78 is 20.2. The van der Waals surface area contributed by atoms with Crippen molar-refractivity contribution in [2.24, 2.45) is 0 Å². The predicted molar refractivity (Wildman–Crippen MR) is 65.1 cm³/mol. The zero-order chi connectivity index (χ0) is 11.7. The average Bonchev–Trinajstić information content (AvgIpc) is 2.28. The Bertz CT molecular complexity index is 376. The zero-order valence-corrected chi connectivity index (χ0v) is 11.0. The van der Waals surface area contributed by atoms with Crippen molar-refractivity contribution in [1.29, 1.82) is 0 Å². The van der Waals surface area contributed by atoms with Crippen LogP contribution in [-0.4, -0.2) is 19.7 Å². The number of hydrogen-bond donors (Lipinski definition) is 1. The van der Waals surface area contributed by atoms with Gasteiger partial charge in [-0.05, 0) is 36.6 Å². The molecular formula is C12H15BrFNO. The van der Waals surface area contributed by atoms with Gasteiger partial charge in [0.2, 0.25) is 0 Å². The lowest BCUT2D eigenvalue weighted by Crippen LogP contribution is -2.34. The van der Waals surface area contributed by atoms with Gasteiger partial charge in [-0.2, -0.15) is 0 Å². The highest BCUT2D eigenvalue weighted by molar-refractivity contribution is 9.10. The first kappa shape index (κ1) is 12.0. The van der Waals surface area contributed by atoms with Crippen LogP contribution < -0.4 is 5.32 Å². The standard InChI is InChI=1S/C12H15BrFNO/c1-7-9(13)5-10(14)8(2)12(7)11-6-15-3-4-16-11/h5,11,15H,3-4,6H2,1-2H3. The molecule has 1 N–H and O–H groups in total. The molecule has 2 nitrogen and oxygen atoms in total. The smallest absolute Gasteiger partial charge is 0.127 e. The Morgan fingerprint density at radius 2 is 2.19 bits per heavy atom. The molecule has 0 spiro atoms. The molecule has 1 aliphatic heterocycles. The summed E-state index contributed by atoms with van der Waals surface area (Å²) in [5, 5.41) is 3.26. The van der Waals surface area contributed by atoms with Gasteiger partial charge in [-0.25, -0.2) is 4.39 Å². The molecule has 0 bridgehead atoms. The first-order chi connectivity index (χ1) is 7.61. The molecule has 0 aliphatic carbocycles. The van der Waals surface area contributed by atoms with Crippen LogP contribution in [0.25, 0.3) is 0 Å². The van der Waals surface area contributed by atoms with E-state index >= 15 is 0 Å². The van der Waals surface area contributed by atoms with Crippen molar-refractivity contribution in [2.75, 3.05) is 19.7 Å². The largest absolute Gasteiger partial charge is 0.371 e. The van der Waals surface area contributed by atoms with Gasteiger partial charge in [-0.3, -0.25) is 0 Å². The van der Waals surface area contributed by atoms with Crippen molar-refractivity contribution in [3.05, 3.63) is 33.0 Å². The van der Waals surface area contributed by atoms with E-state index in [1.807, 2.05) is 13.8 Å². The molecule has 88 valence electrons. The lowest BCUT2D eigenvalue weighted by molar-refractivity contribution is 0.0267. The number of hydrogen-bond acceptors (Lipinski definition) is 2. The highest BCUT2D eigenvalue weighted by atomic mass is 79.9. The minimum absolute atomic E-state index is 0.0410. The monoisotopic (exact) mass is 287 g/mol. The predicted octanol–water partition coefficient (Wildman–Crippen LogP) is 2.87. The van der Waals surface area contributed by atoms with Gasteiger partial charge in [0.25, 0.3) is 0 Å². The van der Waals surface area contributed by atoms with Crippen LogP contribution in [0.2, 0.25) is 0 Å². The van der Waals surface area contributed by atoms with Gasteiger partial charge in [0, 0.05) is 17.6 Å². The number of halogens is 2. The topological polar surface area (TPSA) is 21.3 Å². The Morgan fingerprint density at radius 3 is 2.81 bits per heavy atom. The Kier molecular flexibility index (Phi) is 3.62. The molecule has 2 rings (SSSR count). The molecule has 0 saturated carbocycles. The summed E-state index contributed by atoms with van der Waals surface area (Å²) in [5.41, 5.74) is 2.72. The second-order valence-electron chi connectivity index (χ2n) is 4.07. The molecule has 1 fully saturated rings. The lowest BCUT2D eigenvalue weighted by Gasteiger charge is -2.27. The van der Waals surface area contributed by atoms with Gasteiger partial charge in [0.15, 0.2) is 0 Å². The summed E-state index contributed by atoms with van der Waals surface area (Å²) in [6, 6.07) is 1.52. The molecule has 0 radical (unpaired) electrons. The Balaban J connectivity index is 2.45. The van der Waals surface area contributed by atoms with E-state index in [9.17, 15) is 4.39 Å². The molecule has 1 atom stereocenters. The maximum absolute atomic E-state index is 13.7. The van der Waals surface area contributed by atoms with Gasteiger partial charge < -0.3 is 10.1 Å². The first-order valence-electron chi connectivity index (χ1n) is 5.38. The maximum Gasteiger partial charge on any atom is 0.127 e. The summed E-state index contributed by atoms with van der Waals surface area (Å²) in [5.74, 6) is -0.179. The van der Waals surface area contributed by atoms with E-state index in [-0.39, 0.29) is 11.9 Å². The van der Waals surface area contributed by atoms with Crippen LogP contribution in [0, 0.1) is 19.7 Å². The quantitative estimate of drug-likeness (QED) is 0.858. The van der Waals surface area contributed by atoms with Crippen molar-refractivity contribution < 1.29 is 9.13 Å². The van der Waals surface area contributed by atoms with Crippen LogP contribution in [0.1, 0.15) is 22.8 Å². The Morgan fingerprint density at radius 1 is 1.44 bits per heavy atom. The summed E-state index contributed by atoms with van der Waals surface area (Å²) in [6.07, 6.45) is -0.0410. The van der Waals surface area contributed by atoms with Gasteiger partial charge in [0.1, 0.15) is 5.82 Å². The highest BCUT2D eigenvalue weighted by Gasteiger charge is 2.22. The summed E-state index contributed by atoms with van der Waals surface area (Å²) >= 11 is 3.38. The van der Waals surface area contributed by atoms with Crippen molar-refractivity contribution in [2.45, 2.75) is 20.0 Å². The molecule has 16 heavy (non-hydrogen) atoms. The van der Waals surface area contributed by atoms with E-state index in [2.05, 4.69) is 21.2 Å². The van der Waals surface area contributed by atoms with E-state index in [4.69, 9.17) is 4.74 Å². The van der Waals surface area contributed by atoms with Crippen molar-refractivity contribution in [3.8, 4) is 0 Å². The second kappa shape index (κ2) is 4.82. The Hall–Kier alpha value is -0.450. The normalized spacial score (nSPS) is 21.1. The zero-order valence-electron chi connectivity index (χ0n) is 9.44. The number of benzene rings is 1.